The van der Waals surface area contributed by atoms with Crippen LogP contribution in [0.1, 0.15) is 38.3 Å². The molecule has 1 fully saturated rings. The van der Waals surface area contributed by atoms with Crippen LogP contribution in [0.5, 0.6) is 0 Å². The summed E-state index contributed by atoms with van der Waals surface area (Å²) in [6.45, 7) is 2.32. The zero-order valence-corrected chi connectivity index (χ0v) is 11.3. The molecule has 3 nitrogen and oxygen atoms in total. The molecule has 0 atom stereocenters. The minimum Gasteiger partial charge on any atom is -0.465 e. The van der Waals surface area contributed by atoms with Crippen LogP contribution in [0.3, 0.4) is 0 Å². The largest absolute Gasteiger partial charge is 0.465 e. The van der Waals surface area contributed by atoms with Gasteiger partial charge in [-0.1, -0.05) is 18.2 Å². The summed E-state index contributed by atoms with van der Waals surface area (Å²) in [4.78, 5) is 16.6. The number of carbonyl (C=O) groups is 1. The van der Waals surface area contributed by atoms with Crippen LogP contribution in [0.2, 0.25) is 0 Å². The third kappa shape index (κ3) is 1.88. The second-order valence-electron chi connectivity index (χ2n) is 5.58. The number of esters is 1. The van der Waals surface area contributed by atoms with E-state index in [4.69, 9.17) is 4.74 Å². The van der Waals surface area contributed by atoms with Gasteiger partial charge in [-0.3, -0.25) is 9.78 Å². The summed E-state index contributed by atoms with van der Waals surface area (Å²) in [7, 11) is 0. The average molecular weight is 257 g/mol. The summed E-state index contributed by atoms with van der Waals surface area (Å²) in [5, 5.41) is 0. The maximum Gasteiger partial charge on any atom is 0.315 e. The van der Waals surface area contributed by atoms with Crippen molar-refractivity contribution in [1.82, 2.24) is 4.98 Å². The Morgan fingerprint density at radius 3 is 2.58 bits per heavy atom. The van der Waals surface area contributed by atoms with E-state index < -0.39 is 0 Å². The molecule has 0 radical (unpaired) electrons. The molecule has 0 unspecified atom stereocenters. The lowest BCUT2D eigenvalue weighted by molar-refractivity contribution is -0.155. The molecule has 1 saturated carbocycles. The third-order valence-corrected chi connectivity index (χ3v) is 4.61. The minimum atomic E-state index is -0.369. The lowest BCUT2D eigenvalue weighted by Gasteiger charge is -2.47. The van der Waals surface area contributed by atoms with E-state index in [9.17, 15) is 4.79 Å². The van der Waals surface area contributed by atoms with Crippen molar-refractivity contribution in [2.24, 2.45) is 5.41 Å². The Bertz CT molecular complexity index is 499. The molecule has 1 aromatic heterocycles. The van der Waals surface area contributed by atoms with E-state index in [1.165, 1.54) is 0 Å². The molecule has 0 aromatic carbocycles. The number of hydrogen-bond donors (Lipinski definition) is 0. The van der Waals surface area contributed by atoms with Gasteiger partial charge < -0.3 is 4.74 Å². The minimum absolute atomic E-state index is 0.0372. The van der Waals surface area contributed by atoms with Crippen LogP contribution in [-0.4, -0.2) is 17.6 Å². The number of carbonyl (C=O) groups excluding carboxylic acids is 1. The van der Waals surface area contributed by atoms with Gasteiger partial charge in [0.1, 0.15) is 0 Å². The molecule has 1 heterocycles. The second-order valence-corrected chi connectivity index (χ2v) is 5.58. The lowest BCUT2D eigenvalue weighted by Crippen LogP contribution is -2.45. The molecule has 0 N–H and O–H groups in total. The SMILES string of the molecule is CCOC(=O)C12C=CC(c3ccccn3)(CC1)CC2. The zero-order chi connectivity index (χ0) is 13.3. The standard InChI is InChI=1S/C16H19NO2/c1-2-19-14(18)16-9-6-15(7-10-16,8-11-16)13-5-3-4-12-17-13/h3-6,9,12H,2,7-8,10-11H2,1H3. The summed E-state index contributed by atoms with van der Waals surface area (Å²) < 4.78 is 5.23. The van der Waals surface area contributed by atoms with Crippen LogP contribution >= 0.6 is 0 Å². The molecule has 3 aliphatic carbocycles. The summed E-state index contributed by atoms with van der Waals surface area (Å²) in [6, 6.07) is 6.07. The predicted molar refractivity (Wildman–Crippen MR) is 72.6 cm³/mol. The molecule has 0 saturated heterocycles. The Balaban J connectivity index is 1.90. The van der Waals surface area contributed by atoms with E-state index in [-0.39, 0.29) is 16.8 Å². The van der Waals surface area contributed by atoms with Gasteiger partial charge in [-0.05, 0) is 44.7 Å². The molecule has 19 heavy (non-hydrogen) atoms. The first kappa shape index (κ1) is 12.4. The Kier molecular flexibility index (Phi) is 2.92. The molecule has 4 rings (SSSR count). The molecule has 2 bridgehead atoms. The van der Waals surface area contributed by atoms with Gasteiger partial charge in [0, 0.05) is 11.6 Å². The Morgan fingerprint density at radius 2 is 2.05 bits per heavy atom. The van der Waals surface area contributed by atoms with Crippen LogP contribution in [0.15, 0.2) is 36.5 Å². The van der Waals surface area contributed by atoms with Crippen molar-refractivity contribution in [3.8, 4) is 0 Å². The average Bonchev–Trinajstić information content (AvgIpc) is 2.50. The number of nitrogens with zero attached hydrogens (tertiary/aromatic N) is 1. The highest BCUT2D eigenvalue weighted by Gasteiger charge is 2.50. The van der Waals surface area contributed by atoms with E-state index in [2.05, 4.69) is 23.2 Å². The fourth-order valence-corrected chi connectivity index (χ4v) is 3.34. The van der Waals surface area contributed by atoms with Gasteiger partial charge in [-0.25, -0.2) is 0 Å². The first-order chi connectivity index (χ1) is 9.21. The summed E-state index contributed by atoms with van der Waals surface area (Å²) >= 11 is 0. The smallest absolute Gasteiger partial charge is 0.315 e. The predicted octanol–water partition coefficient (Wildman–Crippen LogP) is 3.01. The maximum absolute atomic E-state index is 12.1. The maximum atomic E-state index is 12.1. The van der Waals surface area contributed by atoms with Crippen molar-refractivity contribution in [1.29, 1.82) is 0 Å². The number of hydrogen-bond acceptors (Lipinski definition) is 3. The fraction of sp³-hybridized carbons (Fsp3) is 0.500. The van der Waals surface area contributed by atoms with E-state index in [1.807, 2.05) is 25.3 Å². The van der Waals surface area contributed by atoms with E-state index >= 15 is 0 Å². The Labute approximate surface area is 113 Å². The highest BCUT2D eigenvalue weighted by atomic mass is 16.5. The number of allylic oxidation sites excluding steroid dienone is 1. The molecule has 3 heteroatoms. The fourth-order valence-electron chi connectivity index (χ4n) is 3.34. The van der Waals surface area contributed by atoms with Gasteiger partial charge in [0.2, 0.25) is 0 Å². The van der Waals surface area contributed by atoms with Gasteiger partial charge in [0.05, 0.1) is 17.7 Å². The van der Waals surface area contributed by atoms with Crippen LogP contribution < -0.4 is 0 Å². The normalized spacial score (nSPS) is 32.3. The van der Waals surface area contributed by atoms with Gasteiger partial charge in [-0.15, -0.1) is 0 Å². The molecule has 0 amide bonds. The number of aromatic nitrogens is 1. The summed E-state index contributed by atoms with van der Waals surface area (Å²) in [5.74, 6) is -0.0550. The third-order valence-electron chi connectivity index (χ3n) is 4.61. The van der Waals surface area contributed by atoms with Crippen molar-refractivity contribution < 1.29 is 9.53 Å². The van der Waals surface area contributed by atoms with Gasteiger partial charge >= 0.3 is 5.97 Å². The van der Waals surface area contributed by atoms with Gasteiger partial charge in [0.15, 0.2) is 0 Å². The molecule has 1 aromatic rings. The lowest BCUT2D eigenvalue weighted by atomic mass is 9.57. The highest BCUT2D eigenvalue weighted by Crippen LogP contribution is 2.53. The summed E-state index contributed by atoms with van der Waals surface area (Å²) in [5.41, 5.74) is 0.797. The van der Waals surface area contributed by atoms with E-state index in [0.717, 1.165) is 31.4 Å². The summed E-state index contributed by atoms with van der Waals surface area (Å²) in [6.07, 6.45) is 9.84. The van der Waals surface area contributed by atoms with Crippen LogP contribution in [0.25, 0.3) is 0 Å². The van der Waals surface area contributed by atoms with Gasteiger partial charge in [0.25, 0.3) is 0 Å². The topological polar surface area (TPSA) is 39.2 Å². The van der Waals surface area contributed by atoms with E-state index in [1.54, 1.807) is 0 Å². The number of pyridine rings is 1. The number of rotatable bonds is 3. The quantitative estimate of drug-likeness (QED) is 0.617. The second kappa shape index (κ2) is 4.48. The van der Waals surface area contributed by atoms with Crippen molar-refractivity contribution in [3.05, 3.63) is 42.2 Å². The molecule has 0 spiro atoms. The molecule has 100 valence electrons. The van der Waals surface area contributed by atoms with Crippen molar-refractivity contribution >= 4 is 5.97 Å². The molecular weight excluding hydrogens is 238 g/mol. The first-order valence-corrected chi connectivity index (χ1v) is 7.00. The molecule has 0 aliphatic heterocycles. The van der Waals surface area contributed by atoms with Gasteiger partial charge in [-0.2, -0.15) is 0 Å². The van der Waals surface area contributed by atoms with E-state index in [0.29, 0.717) is 6.61 Å². The first-order valence-electron chi connectivity index (χ1n) is 7.00. The Morgan fingerprint density at radius 1 is 1.26 bits per heavy atom. The molecule has 3 aliphatic rings. The zero-order valence-electron chi connectivity index (χ0n) is 11.3. The number of ether oxygens (including phenoxy) is 1. The van der Waals surface area contributed by atoms with Crippen molar-refractivity contribution in [2.75, 3.05) is 6.61 Å². The highest BCUT2D eigenvalue weighted by molar-refractivity contribution is 5.80. The Hall–Kier alpha value is -1.64. The van der Waals surface area contributed by atoms with Crippen LogP contribution in [0, 0.1) is 5.41 Å². The monoisotopic (exact) mass is 257 g/mol. The number of fused-ring (bicyclic) bond motifs is 2. The van der Waals surface area contributed by atoms with Crippen molar-refractivity contribution in [3.63, 3.8) is 0 Å². The van der Waals surface area contributed by atoms with Crippen LogP contribution in [-0.2, 0) is 14.9 Å². The van der Waals surface area contributed by atoms with Crippen molar-refractivity contribution in [2.45, 2.75) is 38.0 Å². The molecular formula is C16H19NO2. The van der Waals surface area contributed by atoms with Crippen LogP contribution in [0.4, 0.5) is 0 Å².